The van der Waals surface area contributed by atoms with Crippen molar-refractivity contribution < 1.29 is 26.4 Å². The van der Waals surface area contributed by atoms with Crippen LogP contribution >= 0.6 is 0 Å². The predicted molar refractivity (Wildman–Crippen MR) is 122 cm³/mol. The van der Waals surface area contributed by atoms with Gasteiger partial charge in [0.1, 0.15) is 5.82 Å². The van der Waals surface area contributed by atoms with Crippen LogP contribution < -0.4 is 5.32 Å². The molecule has 1 aromatic heterocycles. The number of benzene rings is 1. The van der Waals surface area contributed by atoms with Gasteiger partial charge in [0, 0.05) is 24.7 Å². The Morgan fingerprint density at radius 1 is 1.15 bits per heavy atom. The van der Waals surface area contributed by atoms with Crippen LogP contribution in [0.15, 0.2) is 35.2 Å². The normalized spacial score (nSPS) is 25.7. The minimum atomic E-state index is -3.70. The van der Waals surface area contributed by atoms with Gasteiger partial charge in [-0.3, -0.25) is 4.79 Å². The molecule has 12 heteroatoms. The Morgan fingerprint density at radius 3 is 2.36 bits per heavy atom. The molecule has 0 aliphatic carbocycles. The number of carbonyl (C=O) groups is 1. The van der Waals surface area contributed by atoms with Gasteiger partial charge in [-0.2, -0.15) is 9.40 Å². The summed E-state index contributed by atoms with van der Waals surface area (Å²) in [5.74, 6) is 0.0604. The highest BCUT2D eigenvalue weighted by molar-refractivity contribution is 7.91. The number of sulfonamides is 1. The van der Waals surface area contributed by atoms with E-state index >= 15 is 0 Å². The van der Waals surface area contributed by atoms with Crippen LogP contribution in [-0.4, -0.2) is 73.6 Å². The van der Waals surface area contributed by atoms with Gasteiger partial charge in [-0.25, -0.2) is 21.5 Å². The Balaban J connectivity index is 1.50. The second-order valence-corrected chi connectivity index (χ2v) is 12.9. The van der Waals surface area contributed by atoms with Gasteiger partial charge in [-0.15, -0.1) is 0 Å². The minimum absolute atomic E-state index is 0.0116. The molecule has 180 valence electrons. The predicted octanol–water partition coefficient (Wildman–Crippen LogP) is 1.60. The molecule has 4 rings (SSSR count). The second kappa shape index (κ2) is 8.82. The van der Waals surface area contributed by atoms with E-state index in [1.54, 1.807) is 17.7 Å². The molecule has 2 aliphatic heterocycles. The van der Waals surface area contributed by atoms with Crippen molar-refractivity contribution in [3.8, 4) is 0 Å². The first kappa shape index (κ1) is 23.9. The minimum Gasteiger partial charge on any atom is -0.373 e. The van der Waals surface area contributed by atoms with Crippen molar-refractivity contribution >= 4 is 31.6 Å². The summed E-state index contributed by atoms with van der Waals surface area (Å²) in [5, 5.41) is 7.13. The van der Waals surface area contributed by atoms with E-state index in [-0.39, 0.29) is 53.3 Å². The number of carbonyl (C=O) groups excluding carboxylic acids is 1. The van der Waals surface area contributed by atoms with Crippen molar-refractivity contribution in [1.82, 2.24) is 14.1 Å². The van der Waals surface area contributed by atoms with Crippen molar-refractivity contribution in [3.05, 3.63) is 41.6 Å². The van der Waals surface area contributed by atoms with Gasteiger partial charge in [-0.05, 0) is 51.5 Å². The number of nitrogens with zero attached hydrogens (tertiary/aromatic N) is 3. The SMILES string of the molecule is Cc1cc(NC(=O)c2ccc(S(=O)(=O)N3CC(C)OC(C)C3)cc2)n(C2CCS(=O)(=O)C2)n1. The van der Waals surface area contributed by atoms with Gasteiger partial charge in [0.25, 0.3) is 5.91 Å². The van der Waals surface area contributed by atoms with E-state index in [0.717, 1.165) is 0 Å². The summed E-state index contributed by atoms with van der Waals surface area (Å²) in [6, 6.07) is 7.11. The van der Waals surface area contributed by atoms with Crippen LogP contribution in [0.4, 0.5) is 5.82 Å². The second-order valence-electron chi connectivity index (χ2n) is 8.73. The lowest BCUT2D eigenvalue weighted by Gasteiger charge is -2.34. The standard InChI is InChI=1S/C21H28N4O6S2/c1-14-10-20(25(23-14)18-8-9-32(27,28)13-18)22-21(26)17-4-6-19(7-5-17)33(29,30)24-11-15(2)31-16(3)12-24/h4-7,10,15-16,18H,8-9,11-13H2,1-3H3,(H,22,26). The molecular weight excluding hydrogens is 468 g/mol. The van der Waals surface area contributed by atoms with Crippen LogP contribution in [0.25, 0.3) is 0 Å². The molecule has 3 atom stereocenters. The number of anilines is 1. The molecule has 3 heterocycles. The van der Waals surface area contributed by atoms with E-state index in [0.29, 0.717) is 17.9 Å². The van der Waals surface area contributed by atoms with Crippen LogP contribution in [0.3, 0.4) is 0 Å². The molecule has 2 aliphatic rings. The summed E-state index contributed by atoms with van der Waals surface area (Å²) in [6.07, 6.45) is 0.0472. The highest BCUT2D eigenvalue weighted by Crippen LogP contribution is 2.27. The average Bonchev–Trinajstić information content (AvgIpc) is 3.28. The van der Waals surface area contributed by atoms with E-state index in [2.05, 4.69) is 10.4 Å². The smallest absolute Gasteiger partial charge is 0.256 e. The summed E-state index contributed by atoms with van der Waals surface area (Å²) in [5.41, 5.74) is 0.937. The Hall–Kier alpha value is -2.28. The first-order valence-electron chi connectivity index (χ1n) is 10.8. The Bertz CT molecular complexity index is 1240. The summed E-state index contributed by atoms with van der Waals surface area (Å²) in [7, 11) is -6.81. The third kappa shape index (κ3) is 5.13. The monoisotopic (exact) mass is 496 g/mol. The molecule has 2 fully saturated rings. The molecule has 10 nitrogen and oxygen atoms in total. The Kier molecular flexibility index (Phi) is 6.38. The number of aromatic nitrogens is 2. The van der Waals surface area contributed by atoms with Crippen LogP contribution in [-0.2, 0) is 24.6 Å². The Morgan fingerprint density at radius 2 is 1.79 bits per heavy atom. The first-order chi connectivity index (χ1) is 15.4. The number of hydrogen-bond donors (Lipinski definition) is 1. The van der Waals surface area contributed by atoms with Crippen LogP contribution in [0.5, 0.6) is 0 Å². The maximum absolute atomic E-state index is 13.0. The fourth-order valence-electron chi connectivity index (χ4n) is 4.30. The molecule has 1 aromatic carbocycles. The van der Waals surface area contributed by atoms with Gasteiger partial charge in [-0.1, -0.05) is 0 Å². The van der Waals surface area contributed by atoms with Crippen molar-refractivity contribution in [2.45, 2.75) is 50.3 Å². The average molecular weight is 497 g/mol. The molecular formula is C21H28N4O6S2. The molecule has 2 aromatic rings. The van der Waals surface area contributed by atoms with E-state index in [1.807, 2.05) is 13.8 Å². The molecule has 33 heavy (non-hydrogen) atoms. The van der Waals surface area contributed by atoms with Crippen LogP contribution in [0, 0.1) is 6.92 Å². The van der Waals surface area contributed by atoms with Gasteiger partial charge >= 0.3 is 0 Å². The highest BCUT2D eigenvalue weighted by atomic mass is 32.2. The maximum atomic E-state index is 13.0. The van der Waals surface area contributed by atoms with Crippen LogP contribution in [0.2, 0.25) is 0 Å². The van der Waals surface area contributed by atoms with Crippen molar-refractivity contribution in [1.29, 1.82) is 0 Å². The molecule has 2 saturated heterocycles. The molecule has 0 bridgehead atoms. The van der Waals surface area contributed by atoms with Crippen molar-refractivity contribution in [2.75, 3.05) is 29.9 Å². The number of rotatable bonds is 5. The van der Waals surface area contributed by atoms with Gasteiger partial charge in [0.05, 0.1) is 40.3 Å². The molecule has 0 radical (unpaired) electrons. The van der Waals surface area contributed by atoms with Crippen LogP contribution in [0.1, 0.15) is 42.4 Å². The number of aryl methyl sites for hydroxylation is 1. The zero-order valence-electron chi connectivity index (χ0n) is 18.8. The number of sulfone groups is 1. The van der Waals surface area contributed by atoms with E-state index in [9.17, 15) is 21.6 Å². The molecule has 1 amide bonds. The van der Waals surface area contributed by atoms with Gasteiger partial charge in [0.2, 0.25) is 10.0 Å². The molecule has 1 N–H and O–H groups in total. The fraction of sp³-hybridized carbons (Fsp3) is 0.524. The van der Waals surface area contributed by atoms with Gasteiger partial charge in [0.15, 0.2) is 9.84 Å². The van der Waals surface area contributed by atoms with Gasteiger partial charge < -0.3 is 10.1 Å². The number of morpholine rings is 1. The largest absolute Gasteiger partial charge is 0.373 e. The number of ether oxygens (including phenoxy) is 1. The third-order valence-corrected chi connectivity index (χ3v) is 9.39. The summed E-state index contributed by atoms with van der Waals surface area (Å²) >= 11 is 0. The van der Waals surface area contributed by atoms with E-state index in [4.69, 9.17) is 4.74 Å². The summed E-state index contributed by atoms with van der Waals surface area (Å²) < 4.78 is 58.3. The number of amides is 1. The number of nitrogens with one attached hydrogen (secondary N) is 1. The first-order valence-corrected chi connectivity index (χ1v) is 14.0. The number of hydrogen-bond acceptors (Lipinski definition) is 7. The van der Waals surface area contributed by atoms with E-state index < -0.39 is 25.8 Å². The van der Waals surface area contributed by atoms with E-state index in [1.165, 1.54) is 28.6 Å². The lowest BCUT2D eigenvalue weighted by molar-refractivity contribution is -0.0440. The summed E-state index contributed by atoms with van der Waals surface area (Å²) in [4.78, 5) is 12.9. The molecule has 0 spiro atoms. The zero-order valence-corrected chi connectivity index (χ0v) is 20.4. The third-order valence-electron chi connectivity index (χ3n) is 5.79. The quantitative estimate of drug-likeness (QED) is 0.666. The molecule has 0 saturated carbocycles. The lowest BCUT2D eigenvalue weighted by atomic mass is 10.2. The Labute approximate surface area is 193 Å². The molecule has 3 unspecified atom stereocenters. The fourth-order valence-corrected chi connectivity index (χ4v) is 7.58. The van der Waals surface area contributed by atoms with Crippen molar-refractivity contribution in [2.24, 2.45) is 0 Å². The van der Waals surface area contributed by atoms with Crippen molar-refractivity contribution in [3.63, 3.8) is 0 Å². The lowest BCUT2D eigenvalue weighted by Crippen LogP contribution is -2.48. The topological polar surface area (TPSA) is 128 Å². The highest BCUT2D eigenvalue weighted by Gasteiger charge is 2.33. The zero-order chi connectivity index (χ0) is 24.0. The summed E-state index contributed by atoms with van der Waals surface area (Å²) in [6.45, 7) is 5.98. The maximum Gasteiger partial charge on any atom is 0.256 e.